The maximum Gasteiger partial charge on any atom is 0.271 e. The number of ether oxygens (including phenoxy) is 1. The number of nitro benzene ring substituents is 2. The second-order valence-corrected chi connectivity index (χ2v) is 32.4. The molecule has 0 heterocycles. The number of benzene rings is 21. The van der Waals surface area contributed by atoms with E-state index in [2.05, 4.69) is 421 Å². The molecule has 0 saturated carbocycles. The SMILES string of the molecule is CN(c1ccc(-c2ccc(N(c3ccc4ccccc4c3)c3ccc4ccccc4c3)cc2)cc1)c1ccc([N+](=O)[O-])cc1.CN(c1ccc(-c2ccc(N(c3ccc4ccccc4c3)c3ccc4ccccc4c3)cc2)cc1)c1cccc([N+](=O)[O-])c1.COc1cccc(N(C)c2ccc(-c3ccc(N(c4ccc5ccccc5c4)c4ccc5ccccc5c4)cc3)cc2)c1. The van der Waals surface area contributed by atoms with Gasteiger partial charge >= 0.3 is 0 Å². The van der Waals surface area contributed by atoms with Gasteiger partial charge < -0.3 is 34.1 Å². The van der Waals surface area contributed by atoms with Gasteiger partial charge in [-0.2, -0.15) is 0 Å². The van der Waals surface area contributed by atoms with E-state index in [9.17, 15) is 20.2 Å². The summed E-state index contributed by atoms with van der Waals surface area (Å²) in [6.45, 7) is 0. The molecule has 21 aromatic rings. The first-order valence-electron chi connectivity index (χ1n) is 43.5. The van der Waals surface area contributed by atoms with Crippen LogP contribution in [0, 0.1) is 20.2 Å². The van der Waals surface area contributed by atoms with Crippen molar-refractivity contribution in [1.82, 2.24) is 0 Å². The molecule has 0 N–H and O–H groups in total. The van der Waals surface area contributed by atoms with Gasteiger partial charge in [0, 0.05) is 137 Å². The monoisotopic (exact) mass is 1700 g/mol. The van der Waals surface area contributed by atoms with Crippen LogP contribution >= 0.6 is 0 Å². The number of hydrogen-bond donors (Lipinski definition) is 0. The van der Waals surface area contributed by atoms with Gasteiger partial charge in [-0.25, -0.2) is 0 Å². The van der Waals surface area contributed by atoms with Crippen LogP contribution in [0.5, 0.6) is 5.75 Å². The number of anilines is 15. The zero-order valence-corrected chi connectivity index (χ0v) is 72.7. The van der Waals surface area contributed by atoms with Crippen LogP contribution in [0.15, 0.2) is 473 Å². The highest BCUT2D eigenvalue weighted by atomic mass is 16.6. The zero-order valence-electron chi connectivity index (χ0n) is 72.7. The van der Waals surface area contributed by atoms with Crippen LogP contribution in [0.25, 0.3) is 98.0 Å². The third kappa shape index (κ3) is 18.3. The Morgan fingerprint density at radius 3 is 0.634 bits per heavy atom. The number of hydrogen-bond acceptors (Lipinski definition) is 11. The smallest absolute Gasteiger partial charge is 0.271 e. The van der Waals surface area contributed by atoms with E-state index in [-0.39, 0.29) is 21.2 Å². The minimum atomic E-state index is -0.382. The highest BCUT2D eigenvalue weighted by Gasteiger charge is 2.21. The normalized spacial score (nSPS) is 11.0. The minimum absolute atomic E-state index is 0.0764. The summed E-state index contributed by atoms with van der Waals surface area (Å²) in [5, 5.41) is 36.8. The maximum atomic E-state index is 11.2. The third-order valence-electron chi connectivity index (χ3n) is 24.4. The Morgan fingerprint density at radius 2 is 0.389 bits per heavy atom. The summed E-state index contributed by atoms with van der Waals surface area (Å²) >= 11 is 0. The molecule has 0 aliphatic rings. The fourth-order valence-electron chi connectivity index (χ4n) is 17.2. The summed E-state index contributed by atoms with van der Waals surface area (Å²) in [5.74, 6) is 0.850. The number of non-ortho nitro benzene ring substituents is 2. The fourth-order valence-corrected chi connectivity index (χ4v) is 17.2. The molecule has 0 radical (unpaired) electrons. The van der Waals surface area contributed by atoms with Crippen LogP contribution < -0.4 is 34.1 Å². The standard InChI is InChI=1S/C40H32N2O.2C39H29N3O2/c1-41(37-12-7-13-40(28-37)43-2)35-20-14-31(15-21-35)32-16-22-36(23-17-32)42(38-24-18-29-8-3-5-10-33(29)26-38)39-25-19-30-9-4-6-11-34(30)27-39;1-40(36-11-6-12-39(27-36)42(43)44)34-19-13-30(14-20-34)31-15-21-35(22-16-31)41(37-23-17-28-7-2-4-9-32(28)25-37)38-24-18-29-8-3-5-10-33(29)26-38;1-40(35-22-24-37(25-23-35)42(43)44)34-16-10-30(11-17-34)31-12-18-36(19-13-31)41(38-20-14-28-6-2-4-8-32(28)26-38)39-21-15-29-7-3-5-9-33(29)27-39/h3-28H,1-2H3;2*2-27H,1H3. The van der Waals surface area contributed by atoms with Gasteiger partial charge in [0.25, 0.3) is 11.4 Å². The van der Waals surface area contributed by atoms with E-state index < -0.39 is 0 Å². The number of nitrogens with zero attached hydrogens (tertiary/aromatic N) is 8. The van der Waals surface area contributed by atoms with E-state index >= 15 is 0 Å². The van der Waals surface area contributed by atoms with Gasteiger partial charge in [0.05, 0.1) is 17.0 Å². The van der Waals surface area contributed by atoms with Gasteiger partial charge in [0.15, 0.2) is 0 Å². The molecule has 0 spiro atoms. The summed E-state index contributed by atoms with van der Waals surface area (Å²) in [6.07, 6.45) is 0. The van der Waals surface area contributed by atoms with Crippen LogP contribution in [0.1, 0.15) is 0 Å². The molecule has 0 unspecified atom stereocenters. The molecule has 13 heteroatoms. The van der Waals surface area contributed by atoms with Gasteiger partial charge in [-0.05, 0) is 274 Å². The fraction of sp³-hybridized carbons (Fsp3) is 0.0339. The Bertz CT molecular complexity index is 7470. The predicted molar refractivity (Wildman–Crippen MR) is 548 cm³/mol. The number of nitro groups is 2. The summed E-state index contributed by atoms with van der Waals surface area (Å²) in [5.41, 5.74) is 22.7. The third-order valence-corrected chi connectivity index (χ3v) is 24.4. The Balaban J connectivity index is 0.000000127. The molecule has 13 nitrogen and oxygen atoms in total. The molecule has 0 bridgehead atoms. The van der Waals surface area contributed by atoms with Crippen LogP contribution in [-0.2, 0) is 0 Å². The molecule has 131 heavy (non-hydrogen) atoms. The van der Waals surface area contributed by atoms with Crippen molar-refractivity contribution in [3.8, 4) is 39.1 Å². The molecule has 0 saturated heterocycles. The topological polar surface area (TPSA) is 115 Å². The van der Waals surface area contributed by atoms with Crippen LogP contribution in [0.4, 0.5) is 96.7 Å². The van der Waals surface area contributed by atoms with Crippen LogP contribution in [-0.4, -0.2) is 38.1 Å². The lowest BCUT2D eigenvalue weighted by atomic mass is 10.0. The lowest BCUT2D eigenvalue weighted by Crippen LogP contribution is -2.10. The molecule has 0 aromatic heterocycles. The van der Waals surface area contributed by atoms with Gasteiger partial charge in [-0.1, -0.05) is 267 Å². The Morgan fingerprint density at radius 1 is 0.183 bits per heavy atom. The van der Waals surface area contributed by atoms with Crippen molar-refractivity contribution < 1.29 is 14.6 Å². The van der Waals surface area contributed by atoms with Gasteiger partial charge in [0.1, 0.15) is 5.75 Å². The van der Waals surface area contributed by atoms with Gasteiger partial charge in [-0.15, -0.1) is 0 Å². The van der Waals surface area contributed by atoms with E-state index in [1.54, 1.807) is 31.4 Å². The molecular weight excluding hydrogens is 1610 g/mol. The molecule has 0 amide bonds. The second kappa shape index (κ2) is 37.4. The second-order valence-electron chi connectivity index (χ2n) is 32.4. The Labute approximate surface area is 761 Å². The van der Waals surface area contributed by atoms with Crippen molar-refractivity contribution >= 4 is 161 Å². The van der Waals surface area contributed by atoms with E-state index in [0.29, 0.717) is 0 Å². The highest BCUT2D eigenvalue weighted by Crippen LogP contribution is 2.45. The molecular formula is C118H90N8O5. The Hall–Kier alpha value is -17.4. The summed E-state index contributed by atoms with van der Waals surface area (Å²) < 4.78 is 5.41. The van der Waals surface area contributed by atoms with Crippen LogP contribution in [0.3, 0.4) is 0 Å². The summed E-state index contributed by atoms with van der Waals surface area (Å²) in [6, 6.07) is 164. The van der Waals surface area contributed by atoms with Crippen molar-refractivity contribution in [2.24, 2.45) is 0 Å². The molecule has 0 aliphatic heterocycles. The van der Waals surface area contributed by atoms with E-state index in [0.717, 1.165) is 113 Å². The molecule has 0 aliphatic carbocycles. The first-order chi connectivity index (χ1) is 64.2. The first kappa shape index (κ1) is 83.1. The Kier molecular flexibility index (Phi) is 23.7. The lowest BCUT2D eigenvalue weighted by Gasteiger charge is -2.26. The van der Waals surface area contributed by atoms with Crippen molar-refractivity contribution in [3.05, 3.63) is 493 Å². The van der Waals surface area contributed by atoms with E-state index in [1.165, 1.54) is 94.0 Å². The van der Waals surface area contributed by atoms with E-state index in [4.69, 9.17) is 4.74 Å². The summed E-state index contributed by atoms with van der Waals surface area (Å²) in [4.78, 5) is 34.6. The number of rotatable bonds is 21. The molecule has 0 fully saturated rings. The van der Waals surface area contributed by atoms with Gasteiger partial charge in [-0.3, -0.25) is 20.2 Å². The van der Waals surface area contributed by atoms with Crippen molar-refractivity contribution in [3.63, 3.8) is 0 Å². The average Bonchev–Trinajstić information content (AvgIpc) is 0.784. The first-order valence-corrected chi connectivity index (χ1v) is 43.5. The molecule has 632 valence electrons. The van der Waals surface area contributed by atoms with E-state index in [1.807, 2.05) is 60.3 Å². The molecule has 0 atom stereocenters. The zero-order chi connectivity index (χ0) is 89.3. The number of fused-ring (bicyclic) bond motifs is 6. The van der Waals surface area contributed by atoms with Gasteiger partial charge in [0.2, 0.25) is 0 Å². The minimum Gasteiger partial charge on any atom is -0.497 e. The van der Waals surface area contributed by atoms with Crippen LogP contribution in [0.2, 0.25) is 0 Å². The predicted octanol–water partition coefficient (Wildman–Crippen LogP) is 32.5. The average molecular weight is 1700 g/mol. The quantitative estimate of drug-likeness (QED) is 0.0506. The molecule has 21 rings (SSSR count). The van der Waals surface area contributed by atoms with Crippen molar-refractivity contribution in [1.29, 1.82) is 0 Å². The largest absolute Gasteiger partial charge is 0.497 e. The van der Waals surface area contributed by atoms with Crippen molar-refractivity contribution in [2.45, 2.75) is 0 Å². The summed E-state index contributed by atoms with van der Waals surface area (Å²) in [7, 11) is 7.64. The lowest BCUT2D eigenvalue weighted by molar-refractivity contribution is -0.385. The number of methoxy groups -OCH3 is 1. The molecule has 21 aromatic carbocycles. The highest BCUT2D eigenvalue weighted by molar-refractivity contribution is 5.97. The maximum absolute atomic E-state index is 11.2. The van der Waals surface area contributed by atoms with Crippen molar-refractivity contribution in [2.75, 3.05) is 57.7 Å².